The highest BCUT2D eigenvalue weighted by Gasteiger charge is 2.26. The second-order valence-electron chi connectivity index (χ2n) is 14.7. The third-order valence-corrected chi connectivity index (χ3v) is 10.7. The molecule has 2 saturated heterocycles. The number of nitrogens with zero attached hydrogens (tertiary/aromatic N) is 2. The summed E-state index contributed by atoms with van der Waals surface area (Å²) < 4.78 is 61.4. The van der Waals surface area contributed by atoms with Gasteiger partial charge in [-0.1, -0.05) is 18.2 Å². The summed E-state index contributed by atoms with van der Waals surface area (Å²) in [4.78, 5) is 32.0. The van der Waals surface area contributed by atoms with Crippen molar-refractivity contribution in [1.29, 1.82) is 0 Å². The summed E-state index contributed by atoms with van der Waals surface area (Å²) in [5, 5.41) is 2.68. The molecule has 11 nitrogen and oxygen atoms in total. The highest BCUT2D eigenvalue weighted by molar-refractivity contribution is 6.04. The van der Waals surface area contributed by atoms with Crippen molar-refractivity contribution < 1.29 is 37.3 Å². The number of benzene rings is 3. The van der Waals surface area contributed by atoms with Crippen LogP contribution in [0.5, 0.6) is 11.5 Å². The van der Waals surface area contributed by atoms with E-state index in [1.54, 1.807) is 48.3 Å². The molecule has 3 aliphatic rings. The average Bonchev–Trinajstić information content (AvgIpc) is 4.08. The first-order valence-corrected chi connectivity index (χ1v) is 19.2. The van der Waals surface area contributed by atoms with Gasteiger partial charge in [-0.05, 0) is 91.1 Å². The van der Waals surface area contributed by atoms with E-state index in [4.69, 9.17) is 29.4 Å². The molecule has 2 aliphatic heterocycles. The monoisotopic (exact) mass is 778 g/mol. The minimum Gasteiger partial charge on any atom is -0.493 e. The van der Waals surface area contributed by atoms with Gasteiger partial charge in [0, 0.05) is 71.9 Å². The third-order valence-electron chi connectivity index (χ3n) is 10.7. The van der Waals surface area contributed by atoms with Crippen LogP contribution in [-0.2, 0) is 20.8 Å². The number of ether oxygens (including phenoxy) is 5. The van der Waals surface area contributed by atoms with Crippen LogP contribution in [0.1, 0.15) is 47.5 Å². The topological polar surface area (TPSA) is 136 Å². The second kappa shape index (κ2) is 16.8. The fourth-order valence-electron chi connectivity index (χ4n) is 7.38. The van der Waals surface area contributed by atoms with Gasteiger partial charge in [0.25, 0.3) is 5.91 Å². The number of aromatic nitrogens is 2. The maximum Gasteiger partial charge on any atom is 0.261 e. The zero-order chi connectivity index (χ0) is 39.5. The molecule has 2 aromatic heterocycles. The Labute approximate surface area is 328 Å². The van der Waals surface area contributed by atoms with Crippen LogP contribution in [-0.4, -0.2) is 68.3 Å². The van der Waals surface area contributed by atoms with Crippen LogP contribution >= 0.6 is 0 Å². The Morgan fingerprint density at radius 1 is 0.860 bits per heavy atom. The fourth-order valence-corrected chi connectivity index (χ4v) is 7.38. The maximum absolute atomic E-state index is 15.9. The molecule has 3 N–H and O–H groups in total. The second-order valence-corrected chi connectivity index (χ2v) is 14.7. The number of hydrogen-bond acceptors (Lipinski definition) is 9. The number of methoxy groups -OCH3 is 1. The summed E-state index contributed by atoms with van der Waals surface area (Å²) in [5.74, 6) is -0.198. The van der Waals surface area contributed by atoms with E-state index >= 15 is 8.78 Å². The van der Waals surface area contributed by atoms with Gasteiger partial charge < -0.3 is 39.3 Å². The van der Waals surface area contributed by atoms with Crippen LogP contribution in [0.25, 0.3) is 33.4 Å². The molecule has 0 radical (unpaired) electrons. The highest BCUT2D eigenvalue weighted by Crippen LogP contribution is 2.41. The number of halogens is 2. The van der Waals surface area contributed by atoms with Crippen molar-refractivity contribution in [1.82, 2.24) is 9.55 Å². The zero-order valence-electron chi connectivity index (χ0n) is 31.6. The van der Waals surface area contributed by atoms with Crippen molar-refractivity contribution in [2.45, 2.75) is 44.2 Å². The van der Waals surface area contributed by atoms with E-state index in [2.05, 4.69) is 10.3 Å². The Bertz CT molecular complexity index is 2340. The number of carbonyl (C=O) groups is 1. The molecular weight excluding hydrogens is 735 g/mol. The molecule has 1 amide bonds. The van der Waals surface area contributed by atoms with Crippen LogP contribution in [0.2, 0.25) is 0 Å². The Morgan fingerprint density at radius 2 is 1.65 bits per heavy atom. The molecule has 0 bridgehead atoms. The Kier molecular flexibility index (Phi) is 11.3. The fraction of sp³-hybridized carbons (Fsp3) is 0.341. The Hall–Kier alpha value is -5.63. The quantitative estimate of drug-likeness (QED) is 0.132. The van der Waals surface area contributed by atoms with Crippen LogP contribution in [0.3, 0.4) is 0 Å². The largest absolute Gasteiger partial charge is 0.493 e. The lowest BCUT2D eigenvalue weighted by molar-refractivity contribution is -0.101. The van der Waals surface area contributed by atoms with Crippen molar-refractivity contribution in [3.05, 3.63) is 112 Å². The van der Waals surface area contributed by atoms with Gasteiger partial charge >= 0.3 is 0 Å². The molecule has 1 saturated carbocycles. The molecule has 5 aromatic rings. The summed E-state index contributed by atoms with van der Waals surface area (Å²) in [6.07, 6.45) is 8.19. The molecule has 3 fully saturated rings. The van der Waals surface area contributed by atoms with E-state index in [0.717, 1.165) is 42.9 Å². The average molecular weight is 779 g/mol. The maximum atomic E-state index is 15.9. The molecule has 13 heteroatoms. The lowest BCUT2D eigenvalue weighted by atomic mass is 9.98. The van der Waals surface area contributed by atoms with Gasteiger partial charge in [-0.3, -0.25) is 9.59 Å². The van der Waals surface area contributed by atoms with Gasteiger partial charge in [0.1, 0.15) is 35.7 Å². The molecule has 57 heavy (non-hydrogen) atoms. The van der Waals surface area contributed by atoms with Gasteiger partial charge in [-0.2, -0.15) is 0 Å². The lowest BCUT2D eigenvalue weighted by Crippen LogP contribution is -2.33. The number of amides is 1. The highest BCUT2D eigenvalue weighted by atomic mass is 19.1. The molecule has 1 aliphatic carbocycles. The van der Waals surface area contributed by atoms with Gasteiger partial charge in [-0.25, -0.2) is 13.8 Å². The number of nitrogen functional groups attached to an aromatic ring is 1. The molecule has 4 heterocycles. The van der Waals surface area contributed by atoms with Crippen LogP contribution in [0, 0.1) is 17.6 Å². The Morgan fingerprint density at radius 3 is 2.39 bits per heavy atom. The number of pyridine rings is 2. The molecule has 1 atom stereocenters. The van der Waals surface area contributed by atoms with E-state index in [1.807, 2.05) is 12.1 Å². The molecule has 0 spiro atoms. The van der Waals surface area contributed by atoms with Crippen LogP contribution in [0.4, 0.5) is 20.3 Å². The summed E-state index contributed by atoms with van der Waals surface area (Å²) in [7, 11) is 1.54. The lowest BCUT2D eigenvalue weighted by Gasteiger charge is -2.23. The first-order valence-electron chi connectivity index (χ1n) is 19.2. The number of hydrogen-bond donors (Lipinski definition) is 2. The molecular formula is C44H44F2N4O7. The predicted octanol–water partition coefficient (Wildman–Crippen LogP) is 7.46. The summed E-state index contributed by atoms with van der Waals surface area (Å²) in [5.41, 5.74) is 8.59. The van der Waals surface area contributed by atoms with Crippen molar-refractivity contribution in [3.63, 3.8) is 0 Å². The number of anilines is 2. The van der Waals surface area contributed by atoms with Gasteiger partial charge in [0.05, 0.1) is 26.9 Å². The summed E-state index contributed by atoms with van der Waals surface area (Å²) >= 11 is 0. The van der Waals surface area contributed by atoms with E-state index < -0.39 is 23.0 Å². The zero-order valence-corrected chi connectivity index (χ0v) is 31.6. The van der Waals surface area contributed by atoms with Crippen molar-refractivity contribution >= 4 is 17.4 Å². The van der Waals surface area contributed by atoms with Crippen molar-refractivity contribution in [2.24, 2.45) is 5.92 Å². The number of nitrogens with one attached hydrogen (secondary N) is 1. The van der Waals surface area contributed by atoms with E-state index in [9.17, 15) is 9.59 Å². The molecule has 0 unspecified atom stereocenters. The van der Waals surface area contributed by atoms with Crippen molar-refractivity contribution in [3.8, 4) is 44.9 Å². The van der Waals surface area contributed by atoms with Crippen LogP contribution in [0.15, 0.2) is 84.0 Å². The Balaban J connectivity index is 1.03. The van der Waals surface area contributed by atoms with Crippen molar-refractivity contribution in [2.75, 3.05) is 57.8 Å². The van der Waals surface area contributed by atoms with Gasteiger partial charge in [0.2, 0.25) is 5.43 Å². The predicted molar refractivity (Wildman–Crippen MR) is 212 cm³/mol. The first-order chi connectivity index (χ1) is 27.7. The van der Waals surface area contributed by atoms with E-state index in [-0.39, 0.29) is 45.8 Å². The van der Waals surface area contributed by atoms with Gasteiger partial charge in [-0.15, -0.1) is 0 Å². The van der Waals surface area contributed by atoms with Gasteiger partial charge in [0.15, 0.2) is 11.5 Å². The summed E-state index contributed by atoms with van der Waals surface area (Å²) in [6.45, 7) is 3.60. The normalized spacial score (nSPS) is 17.3. The molecule has 8 rings (SSSR count). The standard InChI is InChI=1S/C44H44F2N4O7/c1-53-41-18-29(5-9-40(41)57-25-32-24-55-14-15-56-32)30-16-35(43(47)48-20-30)33-8-6-31(19-39(33)46)49-44(52)37-23-50(21-26-10-12-54-13-11-26)22-36(42(37)51)34-7-4-28(17-38(34)45)27-2-3-27/h4-9,16-20,22-23,26-27,32H,2-3,10-15,21,24-25H2,1H3,(H2,47,48)(H,49,52)/t32-/m1/s1. The third kappa shape index (κ3) is 8.70. The van der Waals surface area contributed by atoms with Crippen LogP contribution < -0.4 is 26.0 Å². The number of nitrogens with two attached hydrogens (primary N) is 1. The minimum atomic E-state index is -0.742. The number of carbonyl (C=O) groups excluding carboxylic acids is 1. The van der Waals surface area contributed by atoms with E-state index in [0.29, 0.717) is 74.7 Å². The smallest absolute Gasteiger partial charge is 0.261 e. The summed E-state index contributed by atoms with van der Waals surface area (Å²) in [6, 6.07) is 16.3. The number of rotatable bonds is 12. The minimum absolute atomic E-state index is 0.0860. The molecule has 296 valence electrons. The first kappa shape index (κ1) is 38.3. The SMILES string of the molecule is COc1cc(-c2cnc(N)c(-c3ccc(NC(=O)c4cn(CC5CCOCC5)cc(-c5ccc(C6CC6)cc5F)c4=O)cc3F)c2)ccc1OC[C@H]1COCCO1. The molecule has 3 aromatic carbocycles. The van der Waals surface area contributed by atoms with E-state index in [1.165, 1.54) is 24.4 Å².